The second kappa shape index (κ2) is 4.88. The number of hydrogen-bond donors (Lipinski definition) is 2. The molecule has 2 rings (SSSR count). The quantitative estimate of drug-likeness (QED) is 0.679. The highest BCUT2D eigenvalue weighted by atomic mass is 16.2. The summed E-state index contributed by atoms with van der Waals surface area (Å²) in [6.45, 7) is -0.140. The van der Waals surface area contributed by atoms with E-state index in [-0.39, 0.29) is 24.8 Å². The molecule has 0 aliphatic carbocycles. The number of anilines is 1. The molecule has 9 nitrogen and oxygen atoms in total. The number of carbonyl (C=O) groups excluding carboxylic acids is 2. The number of likely N-dealkylation sites (N-methyl/N-ethyl adjacent to an activating group) is 1. The van der Waals surface area contributed by atoms with Gasteiger partial charge in [-0.15, -0.1) is 0 Å². The average molecular weight is 263 g/mol. The molecule has 2 amide bonds. The molecule has 2 aromatic rings. The van der Waals surface area contributed by atoms with Gasteiger partial charge >= 0.3 is 0 Å². The zero-order valence-electron chi connectivity index (χ0n) is 10.3. The molecular formula is C10H13N7O2. The Morgan fingerprint density at radius 3 is 2.79 bits per heavy atom. The standard InChI is InChI=1S/C10H13N7O2/c1-16(2-6(11)18)7(19)3-17-5-15-8-9(12)13-4-14-10(8)17/h4-5H,2-3H2,1H3,(H2,11,18)(H2,12,13,14). The van der Waals surface area contributed by atoms with Gasteiger partial charge in [0.1, 0.15) is 18.4 Å². The van der Waals surface area contributed by atoms with Gasteiger partial charge in [0.25, 0.3) is 0 Å². The van der Waals surface area contributed by atoms with Crippen molar-refractivity contribution in [2.24, 2.45) is 5.73 Å². The van der Waals surface area contributed by atoms with Gasteiger partial charge in [-0.3, -0.25) is 9.59 Å². The molecule has 0 radical (unpaired) electrons. The van der Waals surface area contributed by atoms with Crippen molar-refractivity contribution in [1.82, 2.24) is 24.4 Å². The van der Waals surface area contributed by atoms with Crippen molar-refractivity contribution >= 4 is 28.8 Å². The number of nitrogen functional groups attached to an aromatic ring is 1. The minimum Gasteiger partial charge on any atom is -0.382 e. The van der Waals surface area contributed by atoms with Gasteiger partial charge in [0.2, 0.25) is 11.8 Å². The summed E-state index contributed by atoms with van der Waals surface area (Å²) in [6, 6.07) is 0. The highest BCUT2D eigenvalue weighted by molar-refractivity contribution is 5.85. The van der Waals surface area contributed by atoms with E-state index in [4.69, 9.17) is 11.5 Å². The Bertz CT molecular complexity index is 636. The van der Waals surface area contributed by atoms with E-state index in [0.717, 1.165) is 0 Å². The summed E-state index contributed by atoms with van der Waals surface area (Å²) in [5.41, 5.74) is 11.6. The van der Waals surface area contributed by atoms with Crippen molar-refractivity contribution < 1.29 is 9.59 Å². The van der Waals surface area contributed by atoms with E-state index >= 15 is 0 Å². The van der Waals surface area contributed by atoms with Crippen molar-refractivity contribution in [1.29, 1.82) is 0 Å². The number of rotatable bonds is 4. The average Bonchev–Trinajstić information content (AvgIpc) is 2.73. The Hall–Kier alpha value is -2.71. The lowest BCUT2D eigenvalue weighted by molar-refractivity contribution is -0.134. The lowest BCUT2D eigenvalue weighted by atomic mass is 10.4. The minimum atomic E-state index is -0.571. The summed E-state index contributed by atoms with van der Waals surface area (Å²) in [7, 11) is 1.50. The van der Waals surface area contributed by atoms with Crippen LogP contribution in [0.5, 0.6) is 0 Å². The fourth-order valence-electron chi connectivity index (χ4n) is 1.60. The van der Waals surface area contributed by atoms with E-state index in [1.54, 1.807) is 0 Å². The molecule has 0 saturated heterocycles. The van der Waals surface area contributed by atoms with Gasteiger partial charge in [0.15, 0.2) is 11.5 Å². The maximum absolute atomic E-state index is 11.9. The maximum Gasteiger partial charge on any atom is 0.242 e. The minimum absolute atomic E-state index is 0.00324. The Balaban J connectivity index is 2.20. The number of carbonyl (C=O) groups is 2. The molecule has 4 N–H and O–H groups in total. The fraction of sp³-hybridized carbons (Fsp3) is 0.300. The van der Waals surface area contributed by atoms with Crippen LogP contribution < -0.4 is 11.5 Å². The number of fused-ring (bicyclic) bond motifs is 1. The first-order valence-electron chi connectivity index (χ1n) is 5.42. The molecule has 0 bridgehead atoms. The van der Waals surface area contributed by atoms with Crippen LogP contribution in [0.4, 0.5) is 5.82 Å². The number of primary amides is 1. The van der Waals surface area contributed by atoms with Crippen molar-refractivity contribution in [3.8, 4) is 0 Å². The number of nitrogens with zero attached hydrogens (tertiary/aromatic N) is 5. The second-order valence-corrected chi connectivity index (χ2v) is 4.02. The smallest absolute Gasteiger partial charge is 0.242 e. The summed E-state index contributed by atoms with van der Waals surface area (Å²) in [4.78, 5) is 35.7. The third-order valence-electron chi connectivity index (χ3n) is 2.55. The van der Waals surface area contributed by atoms with Crippen molar-refractivity contribution in [2.75, 3.05) is 19.3 Å². The van der Waals surface area contributed by atoms with Crippen molar-refractivity contribution in [3.05, 3.63) is 12.7 Å². The van der Waals surface area contributed by atoms with E-state index in [1.807, 2.05) is 0 Å². The normalized spacial score (nSPS) is 10.6. The van der Waals surface area contributed by atoms with Gasteiger partial charge in [-0.25, -0.2) is 15.0 Å². The monoisotopic (exact) mass is 263 g/mol. The molecule has 0 aliphatic heterocycles. The Labute approximate surface area is 108 Å². The zero-order valence-corrected chi connectivity index (χ0v) is 10.3. The van der Waals surface area contributed by atoms with Crippen LogP contribution in [0.1, 0.15) is 0 Å². The van der Waals surface area contributed by atoms with Gasteiger partial charge in [-0.2, -0.15) is 0 Å². The van der Waals surface area contributed by atoms with E-state index in [9.17, 15) is 9.59 Å². The Kier molecular flexibility index (Phi) is 3.27. The summed E-state index contributed by atoms with van der Waals surface area (Å²) in [6.07, 6.45) is 2.75. The topological polar surface area (TPSA) is 133 Å². The van der Waals surface area contributed by atoms with E-state index in [1.165, 1.54) is 29.2 Å². The molecule has 0 fully saturated rings. The molecule has 9 heteroatoms. The molecule has 0 aliphatic rings. The largest absolute Gasteiger partial charge is 0.382 e. The molecule has 0 aromatic carbocycles. The van der Waals surface area contributed by atoms with Gasteiger partial charge in [0.05, 0.1) is 12.9 Å². The summed E-state index contributed by atoms with van der Waals surface area (Å²) < 4.78 is 1.53. The van der Waals surface area contributed by atoms with Crippen LogP contribution in [0.15, 0.2) is 12.7 Å². The summed E-state index contributed by atoms with van der Waals surface area (Å²) >= 11 is 0. The first-order valence-corrected chi connectivity index (χ1v) is 5.42. The number of amides is 2. The molecule has 100 valence electrons. The van der Waals surface area contributed by atoms with Gasteiger partial charge in [-0.05, 0) is 0 Å². The molecule has 19 heavy (non-hydrogen) atoms. The molecule has 0 spiro atoms. The molecule has 0 atom stereocenters. The lowest BCUT2D eigenvalue weighted by Gasteiger charge is -2.15. The van der Waals surface area contributed by atoms with Crippen LogP contribution in [-0.4, -0.2) is 49.8 Å². The van der Waals surface area contributed by atoms with Crippen molar-refractivity contribution in [2.45, 2.75) is 6.54 Å². The van der Waals surface area contributed by atoms with Crippen molar-refractivity contribution in [3.63, 3.8) is 0 Å². The molecule has 0 unspecified atom stereocenters. The van der Waals surface area contributed by atoms with E-state index < -0.39 is 5.91 Å². The highest BCUT2D eigenvalue weighted by Gasteiger charge is 2.14. The number of nitrogens with two attached hydrogens (primary N) is 2. The van der Waals surface area contributed by atoms with Gasteiger partial charge in [-0.1, -0.05) is 0 Å². The Morgan fingerprint density at radius 2 is 2.11 bits per heavy atom. The zero-order chi connectivity index (χ0) is 14.0. The van der Waals surface area contributed by atoms with Crippen LogP contribution in [0.2, 0.25) is 0 Å². The van der Waals surface area contributed by atoms with Gasteiger partial charge < -0.3 is 20.9 Å². The van der Waals surface area contributed by atoms with Crippen LogP contribution in [0.3, 0.4) is 0 Å². The maximum atomic E-state index is 11.9. The third-order valence-corrected chi connectivity index (χ3v) is 2.55. The number of aromatic nitrogens is 4. The van der Waals surface area contributed by atoms with Crippen LogP contribution in [-0.2, 0) is 16.1 Å². The van der Waals surface area contributed by atoms with E-state index in [2.05, 4.69) is 15.0 Å². The molecule has 2 aromatic heterocycles. The Morgan fingerprint density at radius 1 is 1.37 bits per heavy atom. The predicted octanol–water partition coefficient (Wildman–Crippen LogP) is -1.65. The van der Waals surface area contributed by atoms with Gasteiger partial charge in [0, 0.05) is 7.05 Å². The number of hydrogen-bond acceptors (Lipinski definition) is 6. The fourth-order valence-corrected chi connectivity index (χ4v) is 1.60. The van der Waals surface area contributed by atoms with Crippen LogP contribution >= 0.6 is 0 Å². The lowest BCUT2D eigenvalue weighted by Crippen LogP contribution is -2.37. The van der Waals surface area contributed by atoms with E-state index in [0.29, 0.717) is 11.2 Å². The third kappa shape index (κ3) is 2.59. The highest BCUT2D eigenvalue weighted by Crippen LogP contribution is 2.13. The second-order valence-electron chi connectivity index (χ2n) is 4.02. The first-order chi connectivity index (χ1) is 8.99. The summed E-state index contributed by atoms with van der Waals surface area (Å²) in [5, 5.41) is 0. The first kappa shape index (κ1) is 12.7. The predicted molar refractivity (Wildman–Crippen MR) is 66.6 cm³/mol. The van der Waals surface area contributed by atoms with Crippen LogP contribution in [0, 0.1) is 0 Å². The number of imidazole rings is 1. The summed E-state index contributed by atoms with van der Waals surface area (Å²) in [5.74, 6) is -0.602. The SMILES string of the molecule is CN(CC(N)=O)C(=O)Cn1cnc2c(N)ncnc21. The molecule has 0 saturated carbocycles. The molecular weight excluding hydrogens is 250 g/mol. The van der Waals surface area contributed by atoms with Crippen LogP contribution in [0.25, 0.3) is 11.2 Å². The molecule has 2 heterocycles.